The average Bonchev–Trinajstić information content (AvgIpc) is 2.80. The Bertz CT molecular complexity index is 651. The lowest BCUT2D eigenvalue weighted by Crippen LogP contribution is -2.45. The molecular formula is C24H37F5O3. The Morgan fingerprint density at radius 3 is 1.62 bits per heavy atom. The zero-order valence-electron chi connectivity index (χ0n) is 19.7. The van der Waals surface area contributed by atoms with Crippen molar-refractivity contribution in [3.8, 4) is 0 Å². The summed E-state index contributed by atoms with van der Waals surface area (Å²) < 4.78 is 84.8. The van der Waals surface area contributed by atoms with E-state index in [2.05, 4.69) is 6.92 Å². The number of hydrogen-bond donors (Lipinski definition) is 0. The lowest BCUT2D eigenvalue weighted by Gasteiger charge is -2.37. The van der Waals surface area contributed by atoms with Gasteiger partial charge in [0.05, 0.1) is 0 Å². The topological polar surface area (TPSA) is 27.7 Å². The lowest BCUT2D eigenvalue weighted by atomic mass is 9.91. The van der Waals surface area contributed by atoms with E-state index in [1.165, 1.54) is 33.5 Å². The molecule has 0 saturated heterocycles. The van der Waals surface area contributed by atoms with E-state index in [0.717, 1.165) is 25.7 Å². The van der Waals surface area contributed by atoms with Gasteiger partial charge in [0.2, 0.25) is 5.82 Å². The van der Waals surface area contributed by atoms with Crippen LogP contribution in [0.1, 0.15) is 83.6 Å². The molecule has 0 aliphatic heterocycles. The van der Waals surface area contributed by atoms with Crippen molar-refractivity contribution in [3.05, 3.63) is 34.6 Å². The molecule has 0 bridgehead atoms. The van der Waals surface area contributed by atoms with Gasteiger partial charge in [-0.2, -0.15) is 0 Å². The maximum absolute atomic E-state index is 13.9. The van der Waals surface area contributed by atoms with Gasteiger partial charge in [-0.15, -0.1) is 0 Å². The predicted octanol–water partition coefficient (Wildman–Crippen LogP) is 7.44. The van der Waals surface area contributed by atoms with Crippen molar-refractivity contribution < 1.29 is 36.2 Å². The van der Waals surface area contributed by atoms with Crippen molar-refractivity contribution in [3.63, 3.8) is 0 Å². The minimum Gasteiger partial charge on any atom is -0.331 e. The number of halogens is 5. The first kappa shape index (κ1) is 28.8. The molecule has 1 unspecified atom stereocenters. The van der Waals surface area contributed by atoms with Crippen LogP contribution in [0.3, 0.4) is 0 Å². The van der Waals surface area contributed by atoms with Crippen LogP contribution in [0.4, 0.5) is 22.0 Å². The minimum absolute atomic E-state index is 0.139. The molecule has 0 heterocycles. The molecule has 1 aromatic carbocycles. The summed E-state index contributed by atoms with van der Waals surface area (Å²) in [6.07, 6.45) is 8.55. The molecule has 0 amide bonds. The first-order valence-corrected chi connectivity index (χ1v) is 11.5. The van der Waals surface area contributed by atoms with Gasteiger partial charge in [-0.25, -0.2) is 22.0 Å². The van der Waals surface area contributed by atoms with Gasteiger partial charge >= 0.3 is 0 Å². The standard InChI is InChI=1S/C24H37F5O3/c1-5-7-8-9-10-11-14-17(24(30-3,31-4)32-6-2)15-12-13-16-18-19(25)21(27)23(29)22(28)20(18)26/h17H,5-16H2,1-4H3. The highest BCUT2D eigenvalue weighted by molar-refractivity contribution is 5.24. The van der Waals surface area contributed by atoms with Crippen LogP contribution in [0.2, 0.25) is 0 Å². The van der Waals surface area contributed by atoms with E-state index >= 15 is 0 Å². The van der Waals surface area contributed by atoms with Gasteiger partial charge in [0.25, 0.3) is 5.97 Å². The largest absolute Gasteiger partial charge is 0.331 e. The third kappa shape index (κ3) is 7.66. The average molecular weight is 469 g/mol. The monoisotopic (exact) mass is 468 g/mol. The van der Waals surface area contributed by atoms with Gasteiger partial charge in [-0.1, -0.05) is 51.9 Å². The fraction of sp³-hybridized carbons (Fsp3) is 0.750. The van der Waals surface area contributed by atoms with Gasteiger partial charge in [0.15, 0.2) is 23.3 Å². The second kappa shape index (κ2) is 14.8. The third-order valence-corrected chi connectivity index (χ3v) is 5.85. The van der Waals surface area contributed by atoms with Crippen LogP contribution in [0, 0.1) is 35.0 Å². The molecule has 1 atom stereocenters. The van der Waals surface area contributed by atoms with Gasteiger partial charge in [0.1, 0.15) is 0 Å². The predicted molar refractivity (Wildman–Crippen MR) is 114 cm³/mol. The Morgan fingerprint density at radius 2 is 1.12 bits per heavy atom. The molecule has 32 heavy (non-hydrogen) atoms. The third-order valence-electron chi connectivity index (χ3n) is 5.85. The van der Waals surface area contributed by atoms with E-state index in [4.69, 9.17) is 14.2 Å². The smallest absolute Gasteiger partial charge is 0.285 e. The number of unbranched alkanes of at least 4 members (excludes halogenated alkanes) is 6. The first-order valence-electron chi connectivity index (χ1n) is 11.5. The fourth-order valence-corrected chi connectivity index (χ4v) is 4.08. The van der Waals surface area contributed by atoms with Crippen molar-refractivity contribution in [2.75, 3.05) is 20.8 Å². The molecule has 3 nitrogen and oxygen atoms in total. The minimum atomic E-state index is -2.13. The van der Waals surface area contributed by atoms with Crippen LogP contribution in [-0.4, -0.2) is 26.8 Å². The highest BCUT2D eigenvalue weighted by atomic mass is 19.2. The molecule has 1 aromatic rings. The van der Waals surface area contributed by atoms with E-state index < -0.39 is 40.6 Å². The van der Waals surface area contributed by atoms with E-state index in [1.807, 2.05) is 6.92 Å². The number of benzene rings is 1. The van der Waals surface area contributed by atoms with E-state index in [0.29, 0.717) is 19.4 Å². The van der Waals surface area contributed by atoms with E-state index in [1.54, 1.807) is 0 Å². The summed E-state index contributed by atoms with van der Waals surface area (Å²) in [6.45, 7) is 4.37. The normalized spacial score (nSPS) is 13.0. The molecule has 8 heteroatoms. The Balaban J connectivity index is 2.77. The Labute approximate surface area is 188 Å². The Kier molecular flexibility index (Phi) is 13.3. The molecule has 0 aromatic heterocycles. The number of ether oxygens (including phenoxy) is 3. The molecule has 0 aliphatic carbocycles. The molecular weight excluding hydrogens is 431 g/mol. The summed E-state index contributed by atoms with van der Waals surface area (Å²) in [7, 11) is 3.00. The molecule has 0 N–H and O–H groups in total. The second-order valence-corrected chi connectivity index (χ2v) is 7.99. The maximum atomic E-state index is 13.9. The van der Waals surface area contributed by atoms with Crippen LogP contribution in [0.25, 0.3) is 0 Å². The molecule has 0 spiro atoms. The van der Waals surface area contributed by atoms with Crippen molar-refractivity contribution >= 4 is 0 Å². The van der Waals surface area contributed by atoms with Crippen molar-refractivity contribution in [1.29, 1.82) is 0 Å². The van der Waals surface area contributed by atoms with Gasteiger partial charge in [0, 0.05) is 32.3 Å². The summed E-state index contributed by atoms with van der Waals surface area (Å²) in [5.41, 5.74) is -0.775. The van der Waals surface area contributed by atoms with Crippen LogP contribution in [0.15, 0.2) is 0 Å². The summed E-state index contributed by atoms with van der Waals surface area (Å²) >= 11 is 0. The van der Waals surface area contributed by atoms with Crippen molar-refractivity contribution in [1.82, 2.24) is 0 Å². The summed E-state index contributed by atoms with van der Waals surface area (Å²) in [5.74, 6) is -10.8. The molecule has 186 valence electrons. The number of hydrogen-bond acceptors (Lipinski definition) is 3. The summed E-state index contributed by atoms with van der Waals surface area (Å²) in [4.78, 5) is 0. The molecule has 1 rings (SSSR count). The summed E-state index contributed by atoms with van der Waals surface area (Å²) in [5, 5.41) is 0. The molecule has 0 aliphatic rings. The van der Waals surface area contributed by atoms with E-state index in [-0.39, 0.29) is 18.8 Å². The fourth-order valence-electron chi connectivity index (χ4n) is 4.08. The van der Waals surface area contributed by atoms with Crippen LogP contribution in [-0.2, 0) is 20.6 Å². The highest BCUT2D eigenvalue weighted by Crippen LogP contribution is 2.34. The number of rotatable bonds is 17. The molecule has 0 saturated carbocycles. The van der Waals surface area contributed by atoms with Gasteiger partial charge in [-0.05, 0) is 32.6 Å². The van der Waals surface area contributed by atoms with E-state index in [9.17, 15) is 22.0 Å². The number of methoxy groups -OCH3 is 2. The maximum Gasteiger partial charge on any atom is 0.285 e. The highest BCUT2D eigenvalue weighted by Gasteiger charge is 2.40. The van der Waals surface area contributed by atoms with Crippen molar-refractivity contribution in [2.24, 2.45) is 5.92 Å². The second-order valence-electron chi connectivity index (χ2n) is 7.99. The van der Waals surface area contributed by atoms with Crippen LogP contribution >= 0.6 is 0 Å². The Morgan fingerprint density at radius 1 is 0.656 bits per heavy atom. The van der Waals surface area contributed by atoms with Gasteiger partial charge in [-0.3, -0.25) is 0 Å². The molecule has 0 fully saturated rings. The Hall–Kier alpha value is -1.25. The van der Waals surface area contributed by atoms with Crippen LogP contribution in [0.5, 0.6) is 0 Å². The molecule has 0 radical (unpaired) electrons. The van der Waals surface area contributed by atoms with Gasteiger partial charge < -0.3 is 14.2 Å². The zero-order chi connectivity index (χ0) is 24.1. The SMILES string of the molecule is CCCCCCCCC(CCCCc1c(F)c(F)c(F)c(F)c1F)C(OC)(OC)OCC. The quantitative estimate of drug-likeness (QED) is 0.0782. The van der Waals surface area contributed by atoms with Crippen LogP contribution < -0.4 is 0 Å². The van der Waals surface area contributed by atoms with Crippen molar-refractivity contribution in [2.45, 2.75) is 90.4 Å². The zero-order valence-corrected chi connectivity index (χ0v) is 19.7. The lowest BCUT2D eigenvalue weighted by molar-refractivity contribution is -0.388. The first-order chi connectivity index (χ1) is 15.3. The summed E-state index contributed by atoms with van der Waals surface area (Å²) in [6, 6.07) is 0.